The minimum absolute atomic E-state index is 0.0400. The molecule has 5 heteroatoms. The van der Waals surface area contributed by atoms with Gasteiger partial charge in [-0.15, -0.1) is 0 Å². The van der Waals surface area contributed by atoms with Crippen LogP contribution in [0, 0.1) is 0 Å². The van der Waals surface area contributed by atoms with E-state index in [2.05, 4.69) is 33.5 Å². The van der Waals surface area contributed by atoms with Gasteiger partial charge < -0.3 is 10.6 Å². The Labute approximate surface area is 144 Å². The molecule has 2 aromatic rings. The summed E-state index contributed by atoms with van der Waals surface area (Å²) in [5.41, 5.74) is 1.68. The summed E-state index contributed by atoms with van der Waals surface area (Å²) in [6.07, 6.45) is 0. The number of halogens is 1. The van der Waals surface area contributed by atoms with Crippen molar-refractivity contribution in [1.29, 1.82) is 0 Å². The van der Waals surface area contributed by atoms with Crippen molar-refractivity contribution >= 4 is 27.7 Å². The molecule has 2 amide bonds. The van der Waals surface area contributed by atoms with Gasteiger partial charge in [0.1, 0.15) is 0 Å². The summed E-state index contributed by atoms with van der Waals surface area (Å²) in [7, 11) is 0. The summed E-state index contributed by atoms with van der Waals surface area (Å²) >= 11 is 3.32. The molecule has 0 aliphatic heterocycles. The first kappa shape index (κ1) is 17.2. The third-order valence-corrected chi connectivity index (χ3v) is 4.19. The van der Waals surface area contributed by atoms with Crippen molar-refractivity contribution in [2.75, 3.05) is 13.1 Å². The van der Waals surface area contributed by atoms with Crippen LogP contribution in [0.1, 0.15) is 28.8 Å². The Morgan fingerprint density at radius 3 is 2.35 bits per heavy atom. The Morgan fingerprint density at radius 1 is 1.00 bits per heavy atom. The molecule has 0 fully saturated rings. The molecule has 2 N–H and O–H groups in total. The standard InChI is InChI=1S/C18H19BrN2O2/c1-13(14-7-3-2-4-8-14)11-20-17(22)12-21-18(23)15-9-5-6-10-16(15)19/h2-10,13H,11-12H2,1H3,(H,20,22)(H,21,23). The summed E-state index contributed by atoms with van der Waals surface area (Å²) in [5.74, 6) is -0.254. The Morgan fingerprint density at radius 2 is 1.65 bits per heavy atom. The molecule has 1 atom stereocenters. The topological polar surface area (TPSA) is 58.2 Å². The van der Waals surface area contributed by atoms with Crippen molar-refractivity contribution in [3.8, 4) is 0 Å². The van der Waals surface area contributed by atoms with E-state index in [9.17, 15) is 9.59 Å². The maximum absolute atomic E-state index is 12.0. The number of rotatable bonds is 6. The van der Waals surface area contributed by atoms with Crippen molar-refractivity contribution in [1.82, 2.24) is 10.6 Å². The molecule has 1 unspecified atom stereocenters. The van der Waals surface area contributed by atoms with Crippen LogP contribution in [0.15, 0.2) is 59.1 Å². The molecule has 4 nitrogen and oxygen atoms in total. The molecule has 120 valence electrons. The fraction of sp³-hybridized carbons (Fsp3) is 0.222. The van der Waals surface area contributed by atoms with Crippen molar-refractivity contribution in [3.63, 3.8) is 0 Å². The van der Waals surface area contributed by atoms with Gasteiger partial charge in [-0.05, 0) is 39.5 Å². The first-order valence-corrected chi connectivity index (χ1v) is 8.21. The second-order valence-electron chi connectivity index (χ2n) is 5.28. The fourth-order valence-corrected chi connectivity index (χ4v) is 2.59. The van der Waals surface area contributed by atoms with Crippen LogP contribution >= 0.6 is 15.9 Å². The van der Waals surface area contributed by atoms with E-state index in [1.54, 1.807) is 18.2 Å². The van der Waals surface area contributed by atoms with Gasteiger partial charge >= 0.3 is 0 Å². The Kier molecular flexibility index (Phi) is 6.35. The van der Waals surface area contributed by atoms with Crippen molar-refractivity contribution in [3.05, 3.63) is 70.2 Å². The highest BCUT2D eigenvalue weighted by Gasteiger charge is 2.11. The highest BCUT2D eigenvalue weighted by Crippen LogP contribution is 2.15. The molecule has 0 spiro atoms. The predicted molar refractivity (Wildman–Crippen MR) is 94.3 cm³/mol. The number of nitrogens with one attached hydrogen (secondary N) is 2. The average Bonchev–Trinajstić information content (AvgIpc) is 2.58. The number of carbonyl (C=O) groups excluding carboxylic acids is 2. The Balaban J connectivity index is 1.77. The van der Waals surface area contributed by atoms with Gasteiger partial charge in [0.2, 0.25) is 5.91 Å². The summed E-state index contributed by atoms with van der Waals surface area (Å²) in [5, 5.41) is 5.46. The van der Waals surface area contributed by atoms with Crippen LogP contribution in [0.5, 0.6) is 0 Å². The third-order valence-electron chi connectivity index (χ3n) is 3.50. The van der Waals surface area contributed by atoms with E-state index in [0.29, 0.717) is 16.6 Å². The van der Waals surface area contributed by atoms with Gasteiger partial charge in [0.25, 0.3) is 5.91 Å². The van der Waals surface area contributed by atoms with Crippen LogP contribution in [0.2, 0.25) is 0 Å². The zero-order valence-corrected chi connectivity index (χ0v) is 14.5. The van der Waals surface area contributed by atoms with Gasteiger partial charge in [-0.3, -0.25) is 9.59 Å². The average molecular weight is 375 g/mol. The van der Waals surface area contributed by atoms with Crippen LogP contribution in [-0.4, -0.2) is 24.9 Å². The third kappa shape index (κ3) is 5.21. The zero-order chi connectivity index (χ0) is 16.7. The van der Waals surface area contributed by atoms with Gasteiger partial charge in [0.05, 0.1) is 12.1 Å². The SMILES string of the molecule is CC(CNC(=O)CNC(=O)c1ccccc1Br)c1ccccc1. The van der Waals surface area contributed by atoms with Crippen molar-refractivity contribution in [2.24, 2.45) is 0 Å². The van der Waals surface area contributed by atoms with Crippen LogP contribution in [0.25, 0.3) is 0 Å². The highest BCUT2D eigenvalue weighted by atomic mass is 79.9. The molecular weight excluding hydrogens is 356 g/mol. The van der Waals surface area contributed by atoms with E-state index in [0.717, 1.165) is 0 Å². The monoisotopic (exact) mass is 374 g/mol. The first-order valence-electron chi connectivity index (χ1n) is 7.42. The van der Waals surface area contributed by atoms with Crippen molar-refractivity contribution < 1.29 is 9.59 Å². The molecule has 2 rings (SSSR count). The minimum atomic E-state index is -0.274. The number of hydrogen-bond acceptors (Lipinski definition) is 2. The van der Waals surface area contributed by atoms with E-state index in [1.807, 2.05) is 36.4 Å². The largest absolute Gasteiger partial charge is 0.354 e. The fourth-order valence-electron chi connectivity index (χ4n) is 2.13. The number of benzene rings is 2. The molecular formula is C18H19BrN2O2. The van der Waals surface area contributed by atoms with Crippen LogP contribution in [0.4, 0.5) is 0 Å². The van der Waals surface area contributed by atoms with Gasteiger partial charge in [-0.25, -0.2) is 0 Å². The lowest BCUT2D eigenvalue weighted by Crippen LogP contribution is -2.38. The van der Waals surface area contributed by atoms with Crippen molar-refractivity contribution in [2.45, 2.75) is 12.8 Å². The summed E-state index contributed by atoms with van der Waals surface area (Å²) in [6, 6.07) is 17.1. The molecule has 0 aromatic heterocycles. The first-order chi connectivity index (χ1) is 11.1. The van der Waals surface area contributed by atoms with Gasteiger partial charge in [-0.2, -0.15) is 0 Å². The van der Waals surface area contributed by atoms with Gasteiger partial charge in [-0.1, -0.05) is 49.4 Å². The summed E-state index contributed by atoms with van der Waals surface area (Å²) < 4.78 is 0.704. The zero-order valence-electron chi connectivity index (χ0n) is 12.9. The molecule has 0 radical (unpaired) electrons. The van der Waals surface area contributed by atoms with E-state index >= 15 is 0 Å². The van der Waals surface area contributed by atoms with Gasteiger partial charge in [0, 0.05) is 11.0 Å². The van der Waals surface area contributed by atoms with E-state index in [4.69, 9.17) is 0 Å². The molecule has 0 heterocycles. The maximum atomic E-state index is 12.0. The maximum Gasteiger partial charge on any atom is 0.252 e. The quantitative estimate of drug-likeness (QED) is 0.815. The lowest BCUT2D eigenvalue weighted by atomic mass is 10.0. The van der Waals surface area contributed by atoms with E-state index < -0.39 is 0 Å². The lowest BCUT2D eigenvalue weighted by molar-refractivity contribution is -0.120. The van der Waals surface area contributed by atoms with Crippen LogP contribution < -0.4 is 10.6 Å². The predicted octanol–water partition coefficient (Wildman–Crippen LogP) is 3.10. The molecule has 0 saturated heterocycles. The molecule has 0 bridgehead atoms. The van der Waals surface area contributed by atoms with Crippen LogP contribution in [0.3, 0.4) is 0 Å². The molecule has 0 saturated carbocycles. The Hall–Kier alpha value is -2.14. The summed E-state index contributed by atoms with van der Waals surface area (Å²) in [6.45, 7) is 2.55. The van der Waals surface area contributed by atoms with Gasteiger partial charge in [0.15, 0.2) is 0 Å². The molecule has 23 heavy (non-hydrogen) atoms. The second-order valence-corrected chi connectivity index (χ2v) is 6.13. The Bertz CT molecular complexity index is 674. The normalized spacial score (nSPS) is 11.6. The molecule has 0 aliphatic rings. The molecule has 2 aromatic carbocycles. The number of amides is 2. The number of carbonyl (C=O) groups is 2. The molecule has 0 aliphatic carbocycles. The summed E-state index contributed by atoms with van der Waals surface area (Å²) in [4.78, 5) is 23.9. The smallest absolute Gasteiger partial charge is 0.252 e. The van der Waals surface area contributed by atoms with E-state index in [-0.39, 0.29) is 24.3 Å². The van der Waals surface area contributed by atoms with E-state index in [1.165, 1.54) is 5.56 Å². The number of hydrogen-bond donors (Lipinski definition) is 2. The minimum Gasteiger partial charge on any atom is -0.354 e. The second kappa shape index (κ2) is 8.48. The highest BCUT2D eigenvalue weighted by molar-refractivity contribution is 9.10. The lowest BCUT2D eigenvalue weighted by Gasteiger charge is -2.13. The van der Waals surface area contributed by atoms with Crippen LogP contribution in [-0.2, 0) is 4.79 Å².